The molecule has 16 heavy (non-hydrogen) atoms. The minimum Gasteiger partial charge on any atom is -0.298 e. The minimum atomic E-state index is -4.46. The van der Waals surface area contributed by atoms with Crippen molar-refractivity contribution in [3.63, 3.8) is 0 Å². The highest BCUT2D eigenvalue weighted by Crippen LogP contribution is 2.34. The Morgan fingerprint density at radius 2 is 1.94 bits per heavy atom. The summed E-state index contributed by atoms with van der Waals surface area (Å²) in [5, 5.41) is 0.215. The number of aromatic nitrogens is 1. The summed E-state index contributed by atoms with van der Waals surface area (Å²) in [4.78, 5) is 14.3. The van der Waals surface area contributed by atoms with Gasteiger partial charge in [-0.15, -0.1) is 0 Å². The van der Waals surface area contributed by atoms with Crippen molar-refractivity contribution in [2.75, 3.05) is 0 Å². The Labute approximate surface area is 88.7 Å². The second-order valence-electron chi connectivity index (χ2n) is 3.22. The van der Waals surface area contributed by atoms with Gasteiger partial charge in [0, 0.05) is 17.1 Å². The summed E-state index contributed by atoms with van der Waals surface area (Å²) in [6.07, 6.45) is -2.68. The van der Waals surface area contributed by atoms with Crippen LogP contribution >= 0.6 is 0 Å². The normalized spacial score (nSPS) is 11.7. The molecular formula is C11H6F3NO. The molecule has 2 aromatic rings. The molecule has 1 aromatic carbocycles. The van der Waals surface area contributed by atoms with E-state index in [1.54, 1.807) is 0 Å². The number of alkyl halides is 3. The van der Waals surface area contributed by atoms with Crippen LogP contribution in [0.4, 0.5) is 13.2 Å². The first-order valence-corrected chi connectivity index (χ1v) is 4.44. The van der Waals surface area contributed by atoms with Crippen molar-refractivity contribution in [3.8, 4) is 0 Å². The van der Waals surface area contributed by atoms with E-state index >= 15 is 0 Å². The number of rotatable bonds is 1. The molecule has 0 N–H and O–H groups in total. The molecule has 1 aromatic heterocycles. The van der Waals surface area contributed by atoms with Gasteiger partial charge in [-0.2, -0.15) is 13.2 Å². The minimum absolute atomic E-state index is 0.195. The van der Waals surface area contributed by atoms with E-state index < -0.39 is 11.7 Å². The van der Waals surface area contributed by atoms with Crippen LogP contribution in [0, 0.1) is 0 Å². The third kappa shape index (κ3) is 1.64. The maximum Gasteiger partial charge on any atom is 0.418 e. The molecule has 0 aliphatic heterocycles. The molecule has 0 saturated carbocycles. The van der Waals surface area contributed by atoms with Gasteiger partial charge in [-0.3, -0.25) is 9.78 Å². The molecule has 2 nitrogen and oxygen atoms in total. The molecule has 5 heteroatoms. The van der Waals surface area contributed by atoms with Crippen molar-refractivity contribution in [1.82, 2.24) is 4.98 Å². The quantitative estimate of drug-likeness (QED) is 0.698. The van der Waals surface area contributed by atoms with Crippen molar-refractivity contribution >= 4 is 17.2 Å². The number of hydrogen-bond donors (Lipinski definition) is 0. The largest absolute Gasteiger partial charge is 0.418 e. The van der Waals surface area contributed by atoms with Gasteiger partial charge < -0.3 is 0 Å². The van der Waals surface area contributed by atoms with Gasteiger partial charge in [0.1, 0.15) is 0 Å². The summed E-state index contributed by atoms with van der Waals surface area (Å²) in [5.74, 6) is 0. The van der Waals surface area contributed by atoms with E-state index in [4.69, 9.17) is 0 Å². The van der Waals surface area contributed by atoms with Gasteiger partial charge in [0.05, 0.1) is 11.1 Å². The highest BCUT2D eigenvalue weighted by atomic mass is 19.4. The first-order valence-electron chi connectivity index (χ1n) is 4.44. The molecular weight excluding hydrogens is 219 g/mol. The zero-order valence-electron chi connectivity index (χ0n) is 7.95. The number of carbonyl (C=O) groups excluding carboxylic acids is 1. The molecule has 1 heterocycles. The van der Waals surface area contributed by atoms with Crippen LogP contribution < -0.4 is 0 Å². The number of pyridine rings is 1. The van der Waals surface area contributed by atoms with Gasteiger partial charge in [-0.05, 0) is 12.1 Å². The summed E-state index contributed by atoms with van der Waals surface area (Å²) in [7, 11) is 0. The van der Waals surface area contributed by atoms with Gasteiger partial charge in [0.2, 0.25) is 0 Å². The number of carbonyl (C=O) groups is 1. The van der Waals surface area contributed by atoms with Gasteiger partial charge in [-0.25, -0.2) is 0 Å². The van der Waals surface area contributed by atoms with Crippen molar-refractivity contribution in [1.29, 1.82) is 0 Å². The number of benzene rings is 1. The molecule has 0 radical (unpaired) electrons. The first kappa shape index (κ1) is 10.6. The molecule has 0 atom stereocenters. The zero-order chi connectivity index (χ0) is 11.8. The SMILES string of the molecule is O=Cc1ccc(C(F)(F)F)c2ncccc12. The van der Waals surface area contributed by atoms with Crippen LogP contribution in [0.25, 0.3) is 10.9 Å². The van der Waals surface area contributed by atoms with Crippen molar-refractivity contribution in [3.05, 3.63) is 41.6 Å². The Hall–Kier alpha value is -1.91. The van der Waals surface area contributed by atoms with E-state index in [2.05, 4.69) is 4.98 Å². The lowest BCUT2D eigenvalue weighted by molar-refractivity contribution is -0.136. The van der Waals surface area contributed by atoms with E-state index in [1.165, 1.54) is 18.3 Å². The van der Waals surface area contributed by atoms with Crippen molar-refractivity contribution in [2.24, 2.45) is 0 Å². The molecule has 0 saturated heterocycles. The zero-order valence-corrected chi connectivity index (χ0v) is 7.95. The third-order valence-corrected chi connectivity index (χ3v) is 2.24. The Morgan fingerprint density at radius 1 is 1.19 bits per heavy atom. The van der Waals surface area contributed by atoms with Gasteiger partial charge >= 0.3 is 6.18 Å². The average Bonchev–Trinajstić information content (AvgIpc) is 2.26. The van der Waals surface area contributed by atoms with Gasteiger partial charge in [-0.1, -0.05) is 12.1 Å². The fraction of sp³-hybridized carbons (Fsp3) is 0.0909. The topological polar surface area (TPSA) is 30.0 Å². The van der Waals surface area contributed by atoms with E-state index in [9.17, 15) is 18.0 Å². The Balaban J connectivity index is 2.85. The second-order valence-corrected chi connectivity index (χ2v) is 3.22. The predicted octanol–water partition coefficient (Wildman–Crippen LogP) is 3.07. The Bertz CT molecular complexity index is 548. The highest BCUT2D eigenvalue weighted by Gasteiger charge is 2.33. The Kier molecular flexibility index (Phi) is 2.38. The summed E-state index contributed by atoms with van der Waals surface area (Å²) in [6, 6.07) is 4.97. The summed E-state index contributed by atoms with van der Waals surface area (Å²) >= 11 is 0. The summed E-state index contributed by atoms with van der Waals surface area (Å²) in [5.41, 5.74) is -0.815. The van der Waals surface area contributed by atoms with Crippen LogP contribution in [0.5, 0.6) is 0 Å². The monoisotopic (exact) mass is 225 g/mol. The maximum atomic E-state index is 12.6. The number of halogens is 3. The highest BCUT2D eigenvalue weighted by molar-refractivity contribution is 5.97. The van der Waals surface area contributed by atoms with E-state index in [0.29, 0.717) is 6.29 Å². The van der Waals surface area contributed by atoms with Crippen molar-refractivity contribution in [2.45, 2.75) is 6.18 Å². The van der Waals surface area contributed by atoms with Gasteiger partial charge in [0.15, 0.2) is 6.29 Å². The standard InChI is InChI=1S/C11H6F3NO/c12-11(13,14)9-4-3-7(6-16)8-2-1-5-15-10(8)9/h1-6H. The lowest BCUT2D eigenvalue weighted by Gasteiger charge is -2.10. The smallest absolute Gasteiger partial charge is 0.298 e. The summed E-state index contributed by atoms with van der Waals surface area (Å²) in [6.45, 7) is 0. The van der Waals surface area contributed by atoms with E-state index in [0.717, 1.165) is 12.1 Å². The molecule has 0 bridgehead atoms. The second kappa shape index (κ2) is 3.59. The van der Waals surface area contributed by atoms with Crippen LogP contribution in [0.1, 0.15) is 15.9 Å². The number of hydrogen-bond acceptors (Lipinski definition) is 2. The fourth-order valence-electron chi connectivity index (χ4n) is 1.53. The Morgan fingerprint density at radius 3 is 2.56 bits per heavy atom. The molecule has 0 unspecified atom stereocenters. The van der Waals surface area contributed by atoms with Crippen molar-refractivity contribution < 1.29 is 18.0 Å². The van der Waals surface area contributed by atoms with Crippen LogP contribution in [-0.4, -0.2) is 11.3 Å². The summed E-state index contributed by atoms with van der Waals surface area (Å²) < 4.78 is 37.9. The molecule has 0 aliphatic carbocycles. The molecule has 2 rings (SSSR count). The van der Waals surface area contributed by atoms with Crippen LogP contribution in [0.3, 0.4) is 0 Å². The third-order valence-electron chi connectivity index (χ3n) is 2.24. The molecule has 0 spiro atoms. The van der Waals surface area contributed by atoms with Crippen LogP contribution in [0.15, 0.2) is 30.5 Å². The molecule has 0 aliphatic rings. The number of fused-ring (bicyclic) bond motifs is 1. The van der Waals surface area contributed by atoms with Crippen LogP contribution in [0.2, 0.25) is 0 Å². The van der Waals surface area contributed by atoms with E-state index in [-0.39, 0.29) is 16.5 Å². The molecule has 82 valence electrons. The fourth-order valence-corrected chi connectivity index (χ4v) is 1.53. The number of aldehydes is 1. The molecule has 0 amide bonds. The number of nitrogens with zero attached hydrogens (tertiary/aromatic N) is 1. The predicted molar refractivity (Wildman–Crippen MR) is 52.1 cm³/mol. The maximum absolute atomic E-state index is 12.6. The lowest BCUT2D eigenvalue weighted by atomic mass is 10.0. The lowest BCUT2D eigenvalue weighted by Crippen LogP contribution is -2.07. The molecule has 0 fully saturated rings. The van der Waals surface area contributed by atoms with Gasteiger partial charge in [0.25, 0.3) is 0 Å². The average molecular weight is 225 g/mol. The van der Waals surface area contributed by atoms with E-state index in [1.807, 2.05) is 0 Å². The first-order chi connectivity index (χ1) is 7.54. The van der Waals surface area contributed by atoms with Crippen LogP contribution in [-0.2, 0) is 6.18 Å².